The van der Waals surface area contributed by atoms with E-state index in [9.17, 15) is 18.3 Å². The quantitative estimate of drug-likeness (QED) is 0.872. The topological polar surface area (TPSA) is 77.9 Å². The molecule has 0 saturated carbocycles. The minimum Gasteiger partial charge on any atom is -0.392 e. The summed E-state index contributed by atoms with van der Waals surface area (Å²) in [7, 11) is -3.69. The van der Waals surface area contributed by atoms with Crippen molar-refractivity contribution in [3.8, 4) is 0 Å². The number of likely N-dealkylation sites (tertiary alicyclic amines) is 1. The molecular formula is C19H28N2O4S. The summed E-state index contributed by atoms with van der Waals surface area (Å²) < 4.78 is 27.1. The van der Waals surface area contributed by atoms with E-state index >= 15 is 0 Å². The number of piperidine rings is 1. The number of hydrogen-bond donors (Lipinski definition) is 1. The molecule has 1 N–H and O–H groups in total. The molecule has 1 atom stereocenters. The molecule has 1 amide bonds. The van der Waals surface area contributed by atoms with Crippen LogP contribution in [0.1, 0.15) is 55.3 Å². The van der Waals surface area contributed by atoms with Crippen molar-refractivity contribution < 1.29 is 18.3 Å². The molecule has 2 aliphatic rings. The van der Waals surface area contributed by atoms with Gasteiger partial charge in [-0.2, -0.15) is 4.31 Å². The third kappa shape index (κ3) is 4.45. The van der Waals surface area contributed by atoms with Gasteiger partial charge in [-0.1, -0.05) is 25.3 Å². The average molecular weight is 381 g/mol. The smallest absolute Gasteiger partial charge is 0.253 e. The molecule has 0 radical (unpaired) electrons. The first-order valence-electron chi connectivity index (χ1n) is 9.56. The van der Waals surface area contributed by atoms with Gasteiger partial charge in [0, 0.05) is 31.7 Å². The van der Waals surface area contributed by atoms with Crippen molar-refractivity contribution in [2.75, 3.05) is 26.2 Å². The number of carbonyl (C=O) groups is 1. The van der Waals surface area contributed by atoms with Crippen molar-refractivity contribution in [1.82, 2.24) is 9.21 Å². The van der Waals surface area contributed by atoms with E-state index in [1.165, 1.54) is 22.9 Å². The molecule has 2 saturated heterocycles. The first kappa shape index (κ1) is 19.3. The van der Waals surface area contributed by atoms with Crippen molar-refractivity contribution in [1.29, 1.82) is 0 Å². The highest BCUT2D eigenvalue weighted by molar-refractivity contribution is 7.89. The molecular weight excluding hydrogens is 352 g/mol. The molecule has 0 aromatic heterocycles. The third-order valence-electron chi connectivity index (χ3n) is 5.22. The number of amides is 1. The van der Waals surface area contributed by atoms with Crippen LogP contribution in [-0.4, -0.2) is 60.9 Å². The zero-order valence-corrected chi connectivity index (χ0v) is 16.0. The largest absolute Gasteiger partial charge is 0.392 e. The van der Waals surface area contributed by atoms with Gasteiger partial charge in [0.25, 0.3) is 5.91 Å². The van der Waals surface area contributed by atoms with Crippen LogP contribution in [-0.2, 0) is 10.0 Å². The first-order valence-corrected chi connectivity index (χ1v) is 11.0. The van der Waals surface area contributed by atoms with Crippen LogP contribution in [0, 0.1) is 0 Å². The second kappa shape index (κ2) is 8.50. The van der Waals surface area contributed by atoms with Crippen LogP contribution in [0.5, 0.6) is 0 Å². The van der Waals surface area contributed by atoms with Crippen LogP contribution in [0.4, 0.5) is 0 Å². The van der Waals surface area contributed by atoms with Gasteiger partial charge in [0.15, 0.2) is 0 Å². The van der Waals surface area contributed by atoms with Crippen LogP contribution in [0.25, 0.3) is 0 Å². The molecule has 0 bridgehead atoms. The summed E-state index contributed by atoms with van der Waals surface area (Å²) >= 11 is 0. The molecule has 2 fully saturated rings. The normalized spacial score (nSPS) is 23.3. The standard InChI is InChI=1S/C19H28N2O4S/c22-17-9-7-13-21(15-17)26(24,25)18-10-6-8-16(14-18)19(23)20-11-4-2-1-3-5-12-20/h6,8,10,14,17,22H,1-5,7,9,11-13,15H2/t17-/m1/s1. The lowest BCUT2D eigenvalue weighted by Crippen LogP contribution is -2.42. The Morgan fingerprint density at radius 3 is 2.38 bits per heavy atom. The Kier molecular flexibility index (Phi) is 6.32. The van der Waals surface area contributed by atoms with Crippen molar-refractivity contribution in [2.45, 2.75) is 55.9 Å². The van der Waals surface area contributed by atoms with Crippen LogP contribution >= 0.6 is 0 Å². The summed E-state index contributed by atoms with van der Waals surface area (Å²) in [5.41, 5.74) is 0.421. The molecule has 3 rings (SSSR count). The van der Waals surface area contributed by atoms with E-state index < -0.39 is 16.1 Å². The van der Waals surface area contributed by atoms with Gasteiger partial charge in [-0.05, 0) is 43.9 Å². The van der Waals surface area contributed by atoms with E-state index in [0.717, 1.165) is 38.8 Å². The van der Waals surface area contributed by atoms with Gasteiger partial charge in [-0.25, -0.2) is 8.42 Å². The molecule has 2 aliphatic heterocycles. The van der Waals surface area contributed by atoms with Crippen LogP contribution in [0.2, 0.25) is 0 Å². The van der Waals surface area contributed by atoms with Gasteiger partial charge in [0.2, 0.25) is 10.0 Å². The number of β-amino-alcohol motifs (C(OH)–C–C–N with tert-alkyl or cyclic N) is 1. The van der Waals surface area contributed by atoms with Gasteiger partial charge in [-0.3, -0.25) is 4.79 Å². The average Bonchev–Trinajstić information content (AvgIpc) is 2.61. The van der Waals surface area contributed by atoms with Gasteiger partial charge < -0.3 is 10.0 Å². The maximum atomic E-state index is 12.9. The lowest BCUT2D eigenvalue weighted by molar-refractivity contribution is 0.0742. The number of rotatable bonds is 3. The monoisotopic (exact) mass is 380 g/mol. The molecule has 6 nitrogen and oxygen atoms in total. The number of aliphatic hydroxyl groups is 1. The van der Waals surface area contributed by atoms with Gasteiger partial charge in [0.1, 0.15) is 0 Å². The molecule has 26 heavy (non-hydrogen) atoms. The summed E-state index contributed by atoms with van der Waals surface area (Å²) in [6.07, 6.45) is 6.13. The summed E-state index contributed by atoms with van der Waals surface area (Å²) in [6, 6.07) is 6.33. The van der Waals surface area contributed by atoms with Crippen LogP contribution < -0.4 is 0 Å². The highest BCUT2D eigenvalue weighted by Gasteiger charge is 2.30. The van der Waals surface area contributed by atoms with E-state index in [1.807, 2.05) is 4.90 Å². The Morgan fingerprint density at radius 1 is 1.00 bits per heavy atom. The maximum Gasteiger partial charge on any atom is 0.253 e. The molecule has 2 heterocycles. The Morgan fingerprint density at radius 2 is 1.69 bits per heavy atom. The molecule has 0 unspecified atom stereocenters. The maximum absolute atomic E-state index is 12.9. The van der Waals surface area contributed by atoms with Crippen molar-refractivity contribution in [3.05, 3.63) is 29.8 Å². The van der Waals surface area contributed by atoms with Crippen LogP contribution in [0.3, 0.4) is 0 Å². The van der Waals surface area contributed by atoms with Crippen LogP contribution in [0.15, 0.2) is 29.2 Å². The second-order valence-electron chi connectivity index (χ2n) is 7.25. The third-order valence-corrected chi connectivity index (χ3v) is 7.08. The Bertz CT molecular complexity index is 727. The second-order valence-corrected chi connectivity index (χ2v) is 9.18. The summed E-state index contributed by atoms with van der Waals surface area (Å²) in [4.78, 5) is 14.8. The summed E-state index contributed by atoms with van der Waals surface area (Å²) in [6.45, 7) is 1.98. The van der Waals surface area contributed by atoms with Crippen molar-refractivity contribution in [2.24, 2.45) is 0 Å². The number of nitrogens with zero attached hydrogens (tertiary/aromatic N) is 2. The fraction of sp³-hybridized carbons (Fsp3) is 0.632. The lowest BCUT2D eigenvalue weighted by atomic mass is 10.1. The van der Waals surface area contributed by atoms with Crippen molar-refractivity contribution in [3.63, 3.8) is 0 Å². The molecule has 144 valence electrons. The van der Waals surface area contributed by atoms with Gasteiger partial charge >= 0.3 is 0 Å². The fourth-order valence-corrected chi connectivity index (χ4v) is 5.27. The van der Waals surface area contributed by atoms with E-state index in [0.29, 0.717) is 24.9 Å². The van der Waals surface area contributed by atoms with E-state index in [1.54, 1.807) is 12.1 Å². The van der Waals surface area contributed by atoms with E-state index in [2.05, 4.69) is 0 Å². The number of benzene rings is 1. The number of sulfonamides is 1. The molecule has 0 spiro atoms. The Balaban J connectivity index is 1.79. The minimum atomic E-state index is -3.69. The zero-order valence-electron chi connectivity index (χ0n) is 15.1. The minimum absolute atomic E-state index is 0.0948. The van der Waals surface area contributed by atoms with E-state index in [4.69, 9.17) is 0 Å². The number of carbonyl (C=O) groups excluding carboxylic acids is 1. The van der Waals surface area contributed by atoms with Gasteiger partial charge in [0.05, 0.1) is 11.0 Å². The predicted octanol–water partition coefficient (Wildman–Crippen LogP) is 2.24. The highest BCUT2D eigenvalue weighted by Crippen LogP contribution is 2.22. The fourth-order valence-electron chi connectivity index (χ4n) is 3.71. The highest BCUT2D eigenvalue weighted by atomic mass is 32.2. The molecule has 7 heteroatoms. The summed E-state index contributed by atoms with van der Waals surface area (Å²) in [5.74, 6) is -0.0948. The summed E-state index contributed by atoms with van der Waals surface area (Å²) in [5, 5.41) is 9.79. The van der Waals surface area contributed by atoms with E-state index in [-0.39, 0.29) is 17.3 Å². The first-order chi connectivity index (χ1) is 12.5. The molecule has 1 aromatic carbocycles. The van der Waals surface area contributed by atoms with Crippen molar-refractivity contribution >= 4 is 15.9 Å². The Labute approximate surface area is 155 Å². The SMILES string of the molecule is O=C(c1cccc(S(=O)(=O)N2CCC[C@@H](O)C2)c1)N1CCCCCCC1. The predicted molar refractivity (Wildman–Crippen MR) is 99.4 cm³/mol. The molecule has 1 aromatic rings. The number of hydrogen-bond acceptors (Lipinski definition) is 4. The molecule has 0 aliphatic carbocycles. The lowest BCUT2D eigenvalue weighted by Gasteiger charge is -2.29. The zero-order chi connectivity index (χ0) is 18.6. The Hall–Kier alpha value is -1.44. The number of aliphatic hydroxyl groups excluding tert-OH is 1. The van der Waals surface area contributed by atoms with Gasteiger partial charge in [-0.15, -0.1) is 0 Å².